The van der Waals surface area contributed by atoms with E-state index in [-0.39, 0.29) is 11.5 Å². The van der Waals surface area contributed by atoms with Crippen LogP contribution in [0.1, 0.15) is 22.2 Å². The molecule has 144 valence electrons. The van der Waals surface area contributed by atoms with E-state index >= 15 is 0 Å². The molecule has 0 unspecified atom stereocenters. The molecule has 0 aliphatic rings. The first-order valence-corrected chi connectivity index (χ1v) is 12.3. The van der Waals surface area contributed by atoms with Crippen molar-refractivity contribution in [2.45, 2.75) is 27.3 Å². The van der Waals surface area contributed by atoms with E-state index < -0.39 is 5.92 Å². The van der Waals surface area contributed by atoms with Crippen LogP contribution < -0.4 is 0 Å². The molecule has 2 heterocycles. The number of aryl methyl sites for hydroxylation is 1. The first-order chi connectivity index (χ1) is 13.5. The van der Waals surface area contributed by atoms with Crippen LogP contribution in [0.3, 0.4) is 0 Å². The number of halogens is 2. The number of nitriles is 1. The molecule has 11 heteroatoms. The maximum Gasteiger partial charge on any atom is 0.175 e. The van der Waals surface area contributed by atoms with Gasteiger partial charge in [-0.1, -0.05) is 64.1 Å². The number of carbonyl (C=O) groups excluding carboxylic acids is 1. The minimum Gasteiger partial charge on any atom is -0.297 e. The summed E-state index contributed by atoms with van der Waals surface area (Å²) in [5.74, 6) is -0.298. The Bertz CT molecular complexity index is 1010. The van der Waals surface area contributed by atoms with Crippen LogP contribution in [-0.2, 0) is 10.5 Å². The van der Waals surface area contributed by atoms with Gasteiger partial charge in [-0.2, -0.15) is 5.26 Å². The number of thiazole rings is 1. The van der Waals surface area contributed by atoms with Gasteiger partial charge in [0.15, 0.2) is 20.4 Å². The van der Waals surface area contributed by atoms with E-state index in [2.05, 4.69) is 15.2 Å². The fraction of sp³-hybridized carbons (Fsp3) is 0.235. The highest BCUT2D eigenvalue weighted by Crippen LogP contribution is 2.35. The van der Waals surface area contributed by atoms with E-state index in [9.17, 15) is 10.1 Å². The Morgan fingerprint density at radius 2 is 1.93 bits per heavy atom. The molecule has 28 heavy (non-hydrogen) atoms. The summed E-state index contributed by atoms with van der Waals surface area (Å²) in [7, 11) is 0. The molecule has 1 atom stereocenters. The van der Waals surface area contributed by atoms with Crippen LogP contribution in [0.25, 0.3) is 0 Å². The summed E-state index contributed by atoms with van der Waals surface area (Å²) in [6, 6.07) is 7.44. The molecule has 5 nitrogen and oxygen atoms in total. The Morgan fingerprint density at radius 1 is 1.25 bits per heavy atom. The SMILES string of the molecule is Cc1csc([C@H](C#N)C(=O)CSc2nnc(SCc3c(Cl)cccc3Cl)s2)n1. The zero-order valence-corrected chi connectivity index (χ0v) is 19.2. The largest absolute Gasteiger partial charge is 0.297 e. The first kappa shape index (κ1) is 21.6. The quantitative estimate of drug-likeness (QED) is 0.368. The maximum absolute atomic E-state index is 12.4. The summed E-state index contributed by atoms with van der Waals surface area (Å²) in [5.41, 5.74) is 1.66. The molecule has 1 aromatic carbocycles. The number of carbonyl (C=O) groups is 1. The Kier molecular flexibility index (Phi) is 7.74. The summed E-state index contributed by atoms with van der Waals surface area (Å²) in [5, 5.41) is 21.2. The van der Waals surface area contributed by atoms with Gasteiger partial charge in [0.05, 0.1) is 11.8 Å². The molecular formula is C17H12Cl2N4OS4. The van der Waals surface area contributed by atoms with Gasteiger partial charge in [-0.15, -0.1) is 21.5 Å². The van der Waals surface area contributed by atoms with E-state index in [1.807, 2.05) is 18.4 Å². The number of nitrogens with zero attached hydrogens (tertiary/aromatic N) is 4. The van der Waals surface area contributed by atoms with Crippen LogP contribution in [0.5, 0.6) is 0 Å². The van der Waals surface area contributed by atoms with Crippen LogP contribution in [0, 0.1) is 18.3 Å². The zero-order chi connectivity index (χ0) is 20.1. The lowest BCUT2D eigenvalue weighted by Gasteiger charge is -2.04. The number of hydrogen-bond acceptors (Lipinski definition) is 9. The molecule has 0 amide bonds. The van der Waals surface area contributed by atoms with Crippen molar-refractivity contribution in [3.63, 3.8) is 0 Å². The van der Waals surface area contributed by atoms with Gasteiger partial charge in [0.1, 0.15) is 5.01 Å². The molecule has 0 aliphatic heterocycles. The first-order valence-electron chi connectivity index (χ1n) is 7.84. The van der Waals surface area contributed by atoms with Crippen molar-refractivity contribution < 1.29 is 4.79 Å². The van der Waals surface area contributed by atoms with E-state index in [0.29, 0.717) is 25.1 Å². The summed E-state index contributed by atoms with van der Waals surface area (Å²) in [6.45, 7) is 1.84. The van der Waals surface area contributed by atoms with Gasteiger partial charge in [0.25, 0.3) is 0 Å². The molecule has 0 saturated carbocycles. The number of hydrogen-bond donors (Lipinski definition) is 0. The van der Waals surface area contributed by atoms with Crippen LogP contribution in [0.4, 0.5) is 0 Å². The number of aromatic nitrogens is 3. The third kappa shape index (κ3) is 5.47. The van der Waals surface area contributed by atoms with Gasteiger partial charge in [-0.3, -0.25) is 4.79 Å². The highest BCUT2D eigenvalue weighted by Gasteiger charge is 2.23. The molecule has 0 saturated heterocycles. The monoisotopic (exact) mass is 486 g/mol. The molecular weight excluding hydrogens is 475 g/mol. The minimum absolute atomic E-state index is 0.145. The third-order valence-electron chi connectivity index (χ3n) is 3.46. The molecule has 0 bridgehead atoms. The number of rotatable bonds is 8. The molecule has 0 aliphatic carbocycles. The summed E-state index contributed by atoms with van der Waals surface area (Å²) >= 11 is 17.8. The van der Waals surface area contributed by atoms with Crippen molar-refractivity contribution in [2.24, 2.45) is 0 Å². The molecule has 0 fully saturated rings. The summed E-state index contributed by atoms with van der Waals surface area (Å²) in [6.07, 6.45) is 0. The second-order valence-electron chi connectivity index (χ2n) is 5.47. The minimum atomic E-state index is -0.838. The second kappa shape index (κ2) is 10.1. The Labute approximate surface area is 188 Å². The zero-order valence-electron chi connectivity index (χ0n) is 14.4. The Morgan fingerprint density at radius 3 is 2.54 bits per heavy atom. The Balaban J connectivity index is 1.56. The predicted octanol–water partition coefficient (Wildman–Crippen LogP) is 5.87. The fourth-order valence-electron chi connectivity index (χ4n) is 2.10. The van der Waals surface area contributed by atoms with Gasteiger partial charge in [0, 0.05) is 26.9 Å². The van der Waals surface area contributed by atoms with Crippen molar-refractivity contribution in [1.29, 1.82) is 5.26 Å². The van der Waals surface area contributed by atoms with Crippen LogP contribution in [0.15, 0.2) is 32.3 Å². The third-order valence-corrected chi connectivity index (χ3v) is 8.44. The van der Waals surface area contributed by atoms with Gasteiger partial charge in [-0.25, -0.2) is 4.98 Å². The molecule has 0 radical (unpaired) electrons. The van der Waals surface area contributed by atoms with E-state index in [4.69, 9.17) is 23.2 Å². The van der Waals surface area contributed by atoms with Crippen LogP contribution in [-0.4, -0.2) is 26.7 Å². The second-order valence-corrected chi connectivity index (χ2v) is 10.6. The normalized spacial score (nSPS) is 11.9. The van der Waals surface area contributed by atoms with Crippen LogP contribution >= 0.6 is 69.4 Å². The molecule has 0 spiro atoms. The predicted molar refractivity (Wildman–Crippen MR) is 117 cm³/mol. The lowest BCUT2D eigenvalue weighted by Crippen LogP contribution is -2.13. The van der Waals surface area contributed by atoms with Gasteiger partial charge in [-0.05, 0) is 24.6 Å². The van der Waals surface area contributed by atoms with Crippen LogP contribution in [0.2, 0.25) is 10.0 Å². The number of benzene rings is 1. The standard InChI is InChI=1S/C17H12Cl2N4OS4/c1-9-6-25-15(21-9)10(5-20)14(24)8-27-17-23-22-16(28-17)26-7-11-12(18)3-2-4-13(11)19/h2-4,6,10H,7-8H2,1H3/t10-/m1/s1. The van der Waals surface area contributed by atoms with Crippen molar-refractivity contribution in [3.05, 3.63) is 49.9 Å². The molecule has 3 rings (SSSR count). The number of Topliss-reactive ketones (excluding diaryl/α,β-unsaturated/α-hetero) is 1. The lowest BCUT2D eigenvalue weighted by atomic mass is 10.1. The maximum atomic E-state index is 12.4. The topological polar surface area (TPSA) is 79.5 Å². The van der Waals surface area contributed by atoms with Gasteiger partial charge in [0.2, 0.25) is 0 Å². The average Bonchev–Trinajstić information content (AvgIpc) is 3.29. The van der Waals surface area contributed by atoms with E-state index in [1.165, 1.54) is 46.2 Å². The van der Waals surface area contributed by atoms with Crippen molar-refractivity contribution in [3.8, 4) is 6.07 Å². The average molecular weight is 487 g/mol. The molecule has 2 aromatic heterocycles. The number of thioether (sulfide) groups is 2. The lowest BCUT2D eigenvalue weighted by molar-refractivity contribution is -0.116. The molecule has 3 aromatic rings. The summed E-state index contributed by atoms with van der Waals surface area (Å²) < 4.78 is 1.44. The van der Waals surface area contributed by atoms with E-state index in [0.717, 1.165) is 15.6 Å². The fourth-order valence-corrected chi connectivity index (χ4v) is 6.63. The van der Waals surface area contributed by atoms with Crippen molar-refractivity contribution >= 4 is 75.2 Å². The van der Waals surface area contributed by atoms with Gasteiger partial charge < -0.3 is 0 Å². The van der Waals surface area contributed by atoms with Crippen molar-refractivity contribution in [1.82, 2.24) is 15.2 Å². The van der Waals surface area contributed by atoms with Crippen molar-refractivity contribution in [2.75, 3.05) is 5.75 Å². The van der Waals surface area contributed by atoms with Gasteiger partial charge >= 0.3 is 0 Å². The van der Waals surface area contributed by atoms with E-state index in [1.54, 1.807) is 18.2 Å². The highest BCUT2D eigenvalue weighted by molar-refractivity contribution is 8.03. The smallest absolute Gasteiger partial charge is 0.175 e. The Hall–Kier alpha value is -1.15. The highest BCUT2D eigenvalue weighted by atomic mass is 35.5. The number of ketones is 1. The molecule has 0 N–H and O–H groups in total. The summed E-state index contributed by atoms with van der Waals surface area (Å²) in [4.78, 5) is 16.6.